The van der Waals surface area contributed by atoms with Crippen LogP contribution in [0.3, 0.4) is 0 Å². The van der Waals surface area contributed by atoms with Crippen LogP contribution in [0.15, 0.2) is 12.3 Å². The number of rotatable bonds is 0. The number of hydrogen-bond acceptors (Lipinski definition) is 2. The van der Waals surface area contributed by atoms with Gasteiger partial charge in [-0.2, -0.15) is 9.65 Å². The van der Waals surface area contributed by atoms with Crippen LogP contribution in [-0.4, -0.2) is 4.98 Å². The first-order valence-corrected chi connectivity index (χ1v) is 3.53. The number of halogens is 2. The number of nitriles is 1. The summed E-state index contributed by atoms with van der Waals surface area (Å²) in [5.41, 5.74) is 0.380. The van der Waals surface area contributed by atoms with Crippen LogP contribution in [0.1, 0.15) is 5.56 Å². The van der Waals surface area contributed by atoms with Gasteiger partial charge in [0, 0.05) is 6.20 Å². The maximum absolute atomic E-state index is 12.4. The van der Waals surface area contributed by atoms with Crippen LogP contribution < -0.4 is 0 Å². The van der Waals surface area contributed by atoms with Crippen molar-refractivity contribution in [3.63, 3.8) is 0 Å². The minimum Gasteiger partial charge on any atom is -0.226 e. The average Bonchev–Trinajstić information content (AvgIpc) is 1.95. The molecular formula is C6H2FIN2. The van der Waals surface area contributed by atoms with Crippen molar-refractivity contribution < 1.29 is 4.39 Å². The molecule has 10 heavy (non-hydrogen) atoms. The van der Waals surface area contributed by atoms with E-state index >= 15 is 0 Å². The van der Waals surface area contributed by atoms with Crippen molar-refractivity contribution in [3.8, 4) is 6.07 Å². The van der Waals surface area contributed by atoms with Crippen molar-refractivity contribution in [2.24, 2.45) is 0 Å². The molecule has 0 saturated carbocycles. The van der Waals surface area contributed by atoms with Gasteiger partial charge in [0.2, 0.25) is 5.95 Å². The van der Waals surface area contributed by atoms with E-state index in [4.69, 9.17) is 5.26 Å². The molecule has 4 heteroatoms. The Hall–Kier alpha value is -0.700. The van der Waals surface area contributed by atoms with E-state index in [-0.39, 0.29) is 0 Å². The van der Waals surface area contributed by atoms with Crippen LogP contribution in [0.4, 0.5) is 4.39 Å². The molecule has 1 heterocycles. The Kier molecular flexibility index (Phi) is 2.17. The van der Waals surface area contributed by atoms with Gasteiger partial charge in [0.25, 0.3) is 0 Å². The molecule has 0 bridgehead atoms. The zero-order valence-corrected chi connectivity index (χ0v) is 6.96. The summed E-state index contributed by atoms with van der Waals surface area (Å²) in [6.45, 7) is 0. The molecule has 0 aliphatic heterocycles. The van der Waals surface area contributed by atoms with Gasteiger partial charge in [-0.25, -0.2) is 4.98 Å². The molecule has 0 fully saturated rings. The van der Waals surface area contributed by atoms with Crippen LogP contribution in [0.5, 0.6) is 0 Å². The molecule has 0 saturated heterocycles. The zero-order chi connectivity index (χ0) is 7.56. The van der Waals surface area contributed by atoms with E-state index in [1.54, 1.807) is 22.6 Å². The molecule has 0 amide bonds. The van der Waals surface area contributed by atoms with E-state index in [2.05, 4.69) is 4.98 Å². The van der Waals surface area contributed by atoms with E-state index in [1.807, 2.05) is 6.07 Å². The quantitative estimate of drug-likeness (QED) is 0.517. The summed E-state index contributed by atoms with van der Waals surface area (Å²) >= 11 is 1.78. The van der Waals surface area contributed by atoms with Crippen LogP contribution in [0.25, 0.3) is 0 Å². The molecule has 0 aliphatic rings. The fourth-order valence-electron chi connectivity index (χ4n) is 0.482. The molecule has 0 radical (unpaired) electrons. The second kappa shape index (κ2) is 2.92. The van der Waals surface area contributed by atoms with Gasteiger partial charge in [-0.1, -0.05) is 0 Å². The molecule has 1 aromatic heterocycles. The number of nitrogens with zero attached hydrogens (tertiary/aromatic N) is 2. The summed E-state index contributed by atoms with van der Waals surface area (Å²) in [6, 6.07) is 3.31. The molecule has 0 N–H and O–H groups in total. The third kappa shape index (κ3) is 1.42. The maximum Gasteiger partial charge on any atom is 0.226 e. The Balaban J connectivity index is 3.20. The summed E-state index contributed by atoms with van der Waals surface area (Å²) in [5.74, 6) is -0.528. The SMILES string of the molecule is N#Cc1cnc(F)c(I)c1. The highest BCUT2D eigenvalue weighted by molar-refractivity contribution is 14.1. The molecule has 0 atom stereocenters. The van der Waals surface area contributed by atoms with Gasteiger partial charge in [-0.15, -0.1) is 0 Å². The van der Waals surface area contributed by atoms with Gasteiger partial charge in [0.1, 0.15) is 6.07 Å². The zero-order valence-electron chi connectivity index (χ0n) is 4.81. The number of hydrogen-bond donors (Lipinski definition) is 0. The highest BCUT2D eigenvalue weighted by atomic mass is 127. The lowest BCUT2D eigenvalue weighted by Gasteiger charge is -1.90. The standard InChI is InChI=1S/C6H2FIN2/c7-6-5(8)1-4(2-9)3-10-6/h1,3H. The molecule has 1 aromatic rings. The van der Waals surface area contributed by atoms with Crippen LogP contribution in [0.2, 0.25) is 0 Å². The van der Waals surface area contributed by atoms with Gasteiger partial charge >= 0.3 is 0 Å². The van der Waals surface area contributed by atoms with Crippen molar-refractivity contribution in [1.29, 1.82) is 5.26 Å². The van der Waals surface area contributed by atoms with E-state index in [9.17, 15) is 4.39 Å². The predicted octanol–water partition coefficient (Wildman–Crippen LogP) is 1.70. The monoisotopic (exact) mass is 248 g/mol. The Morgan fingerprint density at radius 1 is 1.70 bits per heavy atom. The summed E-state index contributed by atoms with van der Waals surface area (Å²) in [4.78, 5) is 3.35. The molecule has 50 valence electrons. The van der Waals surface area contributed by atoms with Crippen molar-refractivity contribution >= 4 is 22.6 Å². The Bertz CT molecular complexity index is 292. The van der Waals surface area contributed by atoms with Crippen molar-refractivity contribution in [2.45, 2.75) is 0 Å². The van der Waals surface area contributed by atoms with Gasteiger partial charge in [0.15, 0.2) is 0 Å². The highest BCUT2D eigenvalue weighted by Crippen LogP contribution is 2.08. The predicted molar refractivity (Wildman–Crippen MR) is 41.6 cm³/mol. The smallest absolute Gasteiger partial charge is 0.226 e. The lowest BCUT2D eigenvalue weighted by atomic mass is 10.3. The van der Waals surface area contributed by atoms with E-state index in [1.165, 1.54) is 12.3 Å². The van der Waals surface area contributed by atoms with Gasteiger partial charge in [0.05, 0.1) is 9.13 Å². The lowest BCUT2D eigenvalue weighted by Crippen LogP contribution is -1.87. The number of pyridine rings is 1. The molecule has 1 rings (SSSR count). The molecule has 0 unspecified atom stereocenters. The van der Waals surface area contributed by atoms with Crippen molar-refractivity contribution in [2.75, 3.05) is 0 Å². The van der Waals surface area contributed by atoms with Gasteiger partial charge < -0.3 is 0 Å². The van der Waals surface area contributed by atoms with E-state index in [0.29, 0.717) is 9.13 Å². The molecule has 0 aliphatic carbocycles. The first-order valence-electron chi connectivity index (χ1n) is 2.45. The molecule has 0 spiro atoms. The highest BCUT2D eigenvalue weighted by Gasteiger charge is 1.99. The normalized spacial score (nSPS) is 8.90. The number of aromatic nitrogens is 1. The summed E-state index contributed by atoms with van der Waals surface area (Å²) in [5, 5.41) is 8.34. The first-order chi connectivity index (χ1) is 4.74. The average molecular weight is 248 g/mol. The second-order valence-electron chi connectivity index (χ2n) is 1.61. The van der Waals surface area contributed by atoms with Crippen molar-refractivity contribution in [3.05, 3.63) is 27.3 Å². The minimum absolute atomic E-state index is 0.372. The minimum atomic E-state index is -0.528. The molecular weight excluding hydrogens is 246 g/mol. The van der Waals surface area contributed by atoms with Crippen LogP contribution in [0, 0.1) is 20.8 Å². The van der Waals surface area contributed by atoms with Crippen molar-refractivity contribution in [1.82, 2.24) is 4.98 Å². The lowest BCUT2D eigenvalue weighted by molar-refractivity contribution is 0.575. The van der Waals surface area contributed by atoms with E-state index in [0.717, 1.165) is 0 Å². The van der Waals surface area contributed by atoms with E-state index < -0.39 is 5.95 Å². The summed E-state index contributed by atoms with van der Waals surface area (Å²) in [7, 11) is 0. The van der Waals surface area contributed by atoms with Crippen LogP contribution >= 0.6 is 22.6 Å². The topological polar surface area (TPSA) is 36.7 Å². The second-order valence-corrected chi connectivity index (χ2v) is 2.77. The first kappa shape index (κ1) is 7.41. The van der Waals surface area contributed by atoms with Gasteiger partial charge in [-0.3, -0.25) is 0 Å². The fourth-order valence-corrected chi connectivity index (χ4v) is 0.957. The molecule has 0 aromatic carbocycles. The van der Waals surface area contributed by atoms with Gasteiger partial charge in [-0.05, 0) is 28.7 Å². The largest absolute Gasteiger partial charge is 0.226 e. The fraction of sp³-hybridized carbons (Fsp3) is 0. The molecule has 2 nitrogen and oxygen atoms in total. The summed E-state index contributed by atoms with van der Waals surface area (Å²) < 4.78 is 12.8. The Labute approximate surface area is 70.8 Å². The third-order valence-electron chi connectivity index (χ3n) is 0.925. The maximum atomic E-state index is 12.4. The van der Waals surface area contributed by atoms with Crippen LogP contribution in [-0.2, 0) is 0 Å². The Morgan fingerprint density at radius 3 is 2.90 bits per heavy atom. The third-order valence-corrected chi connectivity index (χ3v) is 1.68. The Morgan fingerprint density at radius 2 is 2.40 bits per heavy atom. The summed E-state index contributed by atoms with van der Waals surface area (Å²) in [6.07, 6.45) is 1.21.